The molecule has 4 aromatic carbocycles. The van der Waals surface area contributed by atoms with E-state index in [4.69, 9.17) is 14.2 Å². The minimum Gasteiger partial charge on any atom is -0.485 e. The van der Waals surface area contributed by atoms with Crippen molar-refractivity contribution in [1.29, 1.82) is 0 Å². The zero-order valence-electron chi connectivity index (χ0n) is 22.5. The molecule has 2 atom stereocenters. The van der Waals surface area contributed by atoms with Crippen molar-refractivity contribution in [3.05, 3.63) is 129 Å². The number of benzene rings is 4. The van der Waals surface area contributed by atoms with Crippen LogP contribution in [-0.2, 0) is 29.0 Å². The van der Waals surface area contributed by atoms with Crippen LogP contribution in [0.2, 0.25) is 0 Å². The van der Waals surface area contributed by atoms with Crippen molar-refractivity contribution in [2.24, 2.45) is 0 Å². The first kappa shape index (κ1) is 28.3. The standard InChI is InChI=1S/C33H32BrF2NO3/c1-33(2)32(39-21-24-11-12-25(34)18-29(24)36)31(38-16-15-22-7-4-3-5-8-22)28-19-27(13-14-30(28)40-33)37-20-23-9-6-10-26(35)17-23/h3-14,17-19,31-32,37H,15-16,20-21H2,1-2H3. The SMILES string of the molecule is CC1(C)Oc2ccc(NCc3cccc(F)c3)cc2C(OCCc2ccccc2)C1OCc1ccc(Br)cc1F. The molecule has 0 spiro atoms. The largest absolute Gasteiger partial charge is 0.485 e. The molecule has 40 heavy (non-hydrogen) atoms. The van der Waals surface area contributed by atoms with Crippen molar-refractivity contribution in [2.45, 2.75) is 51.2 Å². The Morgan fingerprint density at radius 3 is 2.45 bits per heavy atom. The minimum absolute atomic E-state index is 0.0714. The highest BCUT2D eigenvalue weighted by molar-refractivity contribution is 9.10. The molecule has 0 amide bonds. The van der Waals surface area contributed by atoms with E-state index in [1.807, 2.05) is 56.3 Å². The Bertz CT molecular complexity index is 1450. The second-order valence-corrected chi connectivity index (χ2v) is 11.4. The lowest BCUT2D eigenvalue weighted by molar-refractivity contribution is -0.167. The molecule has 1 N–H and O–H groups in total. The fourth-order valence-electron chi connectivity index (χ4n) is 4.93. The summed E-state index contributed by atoms with van der Waals surface area (Å²) in [5.74, 6) is 0.102. The van der Waals surface area contributed by atoms with Gasteiger partial charge in [0.15, 0.2) is 0 Å². The number of anilines is 1. The van der Waals surface area contributed by atoms with Crippen LogP contribution in [0.4, 0.5) is 14.5 Å². The van der Waals surface area contributed by atoms with Crippen LogP contribution in [0, 0.1) is 11.6 Å². The molecule has 2 unspecified atom stereocenters. The highest BCUT2D eigenvalue weighted by atomic mass is 79.9. The van der Waals surface area contributed by atoms with Crippen molar-refractivity contribution in [2.75, 3.05) is 11.9 Å². The first-order valence-electron chi connectivity index (χ1n) is 13.3. The lowest BCUT2D eigenvalue weighted by Crippen LogP contribution is -2.51. The minimum atomic E-state index is -0.743. The maximum atomic E-state index is 14.6. The van der Waals surface area contributed by atoms with Gasteiger partial charge in [0.25, 0.3) is 0 Å². The monoisotopic (exact) mass is 607 g/mol. The highest BCUT2D eigenvalue weighted by Crippen LogP contribution is 2.44. The second kappa shape index (κ2) is 12.5. The molecule has 208 valence electrons. The summed E-state index contributed by atoms with van der Waals surface area (Å²) in [6.07, 6.45) is -0.242. The number of ether oxygens (including phenoxy) is 3. The second-order valence-electron chi connectivity index (χ2n) is 10.4. The summed E-state index contributed by atoms with van der Waals surface area (Å²) in [7, 11) is 0. The van der Waals surface area contributed by atoms with Gasteiger partial charge in [-0.05, 0) is 73.9 Å². The van der Waals surface area contributed by atoms with Gasteiger partial charge in [-0.2, -0.15) is 0 Å². The number of rotatable bonds is 10. The Morgan fingerprint density at radius 2 is 1.68 bits per heavy atom. The number of hydrogen-bond acceptors (Lipinski definition) is 4. The van der Waals surface area contributed by atoms with Gasteiger partial charge in [0.2, 0.25) is 0 Å². The summed E-state index contributed by atoms with van der Waals surface area (Å²) in [6.45, 7) is 4.93. The van der Waals surface area contributed by atoms with E-state index < -0.39 is 17.8 Å². The molecule has 0 aliphatic carbocycles. The van der Waals surface area contributed by atoms with Gasteiger partial charge in [0.05, 0.1) is 13.2 Å². The summed E-state index contributed by atoms with van der Waals surface area (Å²) >= 11 is 3.31. The van der Waals surface area contributed by atoms with Crippen LogP contribution in [0.1, 0.15) is 42.2 Å². The maximum Gasteiger partial charge on any atom is 0.132 e. The molecule has 0 saturated carbocycles. The molecule has 0 radical (unpaired) electrons. The Labute approximate surface area is 242 Å². The molecule has 0 fully saturated rings. The van der Waals surface area contributed by atoms with Gasteiger partial charge in [-0.15, -0.1) is 0 Å². The van der Waals surface area contributed by atoms with E-state index in [1.54, 1.807) is 18.2 Å². The smallest absolute Gasteiger partial charge is 0.132 e. The fraction of sp³-hybridized carbons (Fsp3) is 0.273. The van der Waals surface area contributed by atoms with Crippen molar-refractivity contribution in [1.82, 2.24) is 0 Å². The quantitative estimate of drug-likeness (QED) is 0.196. The van der Waals surface area contributed by atoms with Crippen LogP contribution in [-0.4, -0.2) is 18.3 Å². The van der Waals surface area contributed by atoms with Crippen molar-refractivity contribution >= 4 is 21.6 Å². The topological polar surface area (TPSA) is 39.7 Å². The predicted octanol–water partition coefficient (Wildman–Crippen LogP) is 8.40. The number of nitrogens with one attached hydrogen (secondary N) is 1. The Balaban J connectivity index is 1.40. The molecule has 1 heterocycles. The molecule has 4 nitrogen and oxygen atoms in total. The van der Waals surface area contributed by atoms with E-state index in [0.717, 1.165) is 23.2 Å². The van der Waals surface area contributed by atoms with Crippen LogP contribution in [0.5, 0.6) is 5.75 Å². The van der Waals surface area contributed by atoms with Crippen molar-refractivity contribution in [3.8, 4) is 5.75 Å². The summed E-state index contributed by atoms with van der Waals surface area (Å²) in [5, 5.41) is 3.37. The number of halogens is 3. The first-order chi connectivity index (χ1) is 19.3. The summed E-state index contributed by atoms with van der Waals surface area (Å²) in [6, 6.07) is 27.5. The van der Waals surface area contributed by atoms with E-state index in [0.29, 0.717) is 28.9 Å². The third-order valence-corrected chi connectivity index (χ3v) is 7.49. The zero-order chi connectivity index (χ0) is 28.1. The molecule has 7 heteroatoms. The Kier molecular flexibility index (Phi) is 8.84. The van der Waals surface area contributed by atoms with Crippen LogP contribution < -0.4 is 10.1 Å². The summed E-state index contributed by atoms with van der Waals surface area (Å²) in [4.78, 5) is 0. The van der Waals surface area contributed by atoms with Crippen LogP contribution in [0.25, 0.3) is 0 Å². The molecule has 4 aromatic rings. The normalized spacial score (nSPS) is 17.6. The van der Waals surface area contributed by atoms with Gasteiger partial charge in [-0.25, -0.2) is 8.78 Å². The van der Waals surface area contributed by atoms with Gasteiger partial charge < -0.3 is 19.5 Å². The number of fused-ring (bicyclic) bond motifs is 1. The number of hydrogen-bond donors (Lipinski definition) is 1. The lowest BCUT2D eigenvalue weighted by Gasteiger charge is -2.44. The average molecular weight is 609 g/mol. The molecule has 0 aromatic heterocycles. The van der Waals surface area contributed by atoms with Gasteiger partial charge in [-0.3, -0.25) is 0 Å². The Hall–Kier alpha value is -3.26. The molecule has 0 bridgehead atoms. The van der Waals surface area contributed by atoms with Crippen LogP contribution >= 0.6 is 15.9 Å². The van der Waals surface area contributed by atoms with E-state index in [-0.39, 0.29) is 18.2 Å². The van der Waals surface area contributed by atoms with Gasteiger partial charge >= 0.3 is 0 Å². The fourth-order valence-corrected chi connectivity index (χ4v) is 5.26. The zero-order valence-corrected chi connectivity index (χ0v) is 24.1. The van der Waals surface area contributed by atoms with Crippen molar-refractivity contribution in [3.63, 3.8) is 0 Å². The lowest BCUT2D eigenvalue weighted by atomic mass is 9.87. The third kappa shape index (κ3) is 6.89. The maximum absolute atomic E-state index is 14.6. The van der Waals surface area contributed by atoms with E-state index in [1.165, 1.54) is 23.8 Å². The molecule has 1 aliphatic rings. The van der Waals surface area contributed by atoms with Crippen LogP contribution in [0.15, 0.2) is 95.5 Å². The highest BCUT2D eigenvalue weighted by Gasteiger charge is 2.45. The van der Waals surface area contributed by atoms with Crippen LogP contribution in [0.3, 0.4) is 0 Å². The van der Waals surface area contributed by atoms with Gasteiger partial charge in [0.1, 0.15) is 35.2 Å². The van der Waals surface area contributed by atoms with Gasteiger partial charge in [-0.1, -0.05) is 64.5 Å². The Morgan fingerprint density at radius 1 is 0.875 bits per heavy atom. The summed E-state index contributed by atoms with van der Waals surface area (Å²) in [5.41, 5.74) is 3.42. The molecular weight excluding hydrogens is 576 g/mol. The molecule has 0 saturated heterocycles. The average Bonchev–Trinajstić information content (AvgIpc) is 2.92. The van der Waals surface area contributed by atoms with E-state index in [2.05, 4.69) is 33.4 Å². The third-order valence-electron chi connectivity index (χ3n) is 7.00. The predicted molar refractivity (Wildman–Crippen MR) is 156 cm³/mol. The molecular formula is C33H32BrF2NO3. The van der Waals surface area contributed by atoms with Crippen molar-refractivity contribution < 1.29 is 23.0 Å². The van der Waals surface area contributed by atoms with Gasteiger partial charge in [0, 0.05) is 27.8 Å². The molecule has 5 rings (SSSR count). The first-order valence-corrected chi connectivity index (χ1v) is 14.1. The molecule has 1 aliphatic heterocycles. The van der Waals surface area contributed by atoms with E-state index >= 15 is 0 Å². The van der Waals surface area contributed by atoms with E-state index in [9.17, 15) is 8.78 Å². The summed E-state index contributed by atoms with van der Waals surface area (Å²) < 4.78 is 48.3.